The molecule has 0 saturated carbocycles. The molecule has 1 unspecified atom stereocenters. The minimum absolute atomic E-state index is 0.552. The Bertz CT molecular complexity index is 407. The summed E-state index contributed by atoms with van der Waals surface area (Å²) in [5.41, 5.74) is 0.946. The van der Waals surface area contributed by atoms with Gasteiger partial charge in [0, 0.05) is 11.6 Å². The van der Waals surface area contributed by atoms with Crippen LogP contribution >= 0.6 is 0 Å². The van der Waals surface area contributed by atoms with E-state index in [0.717, 1.165) is 31.3 Å². The zero-order valence-electron chi connectivity index (χ0n) is 17.2. The summed E-state index contributed by atoms with van der Waals surface area (Å²) in [7, 11) is 0. The number of hydrogen-bond donors (Lipinski definition) is 0. The Labute approximate surface area is 157 Å². The van der Waals surface area contributed by atoms with E-state index in [0.29, 0.717) is 5.92 Å². The van der Waals surface area contributed by atoms with Gasteiger partial charge in [-0.1, -0.05) is 97.6 Å². The van der Waals surface area contributed by atoms with Crippen molar-refractivity contribution in [2.45, 2.75) is 105 Å². The molecule has 0 rings (SSSR count). The summed E-state index contributed by atoms with van der Waals surface area (Å²) in [5.74, 6) is 0.552. The molecule has 0 radical (unpaired) electrons. The van der Waals surface area contributed by atoms with Crippen molar-refractivity contribution < 1.29 is 0 Å². The lowest BCUT2D eigenvalue weighted by molar-refractivity contribution is 0.577. The minimum Gasteiger partial charge on any atom is -0.193 e. The van der Waals surface area contributed by atoms with E-state index in [9.17, 15) is 0 Å². The fourth-order valence-electron chi connectivity index (χ4n) is 2.44. The number of allylic oxidation sites excluding steroid dienone is 4. The Morgan fingerprint density at radius 3 is 1.96 bits per heavy atom. The van der Waals surface area contributed by atoms with Gasteiger partial charge in [0.1, 0.15) is 0 Å². The molecule has 0 N–H and O–H groups in total. The molecule has 0 aromatic carbocycles. The topological polar surface area (TPSA) is 47.6 Å². The van der Waals surface area contributed by atoms with Gasteiger partial charge in [-0.05, 0) is 25.2 Å². The second-order valence-electron chi connectivity index (χ2n) is 6.73. The van der Waals surface area contributed by atoms with Crippen molar-refractivity contribution in [3.63, 3.8) is 0 Å². The molecule has 0 aliphatic heterocycles. The third-order valence-electron chi connectivity index (χ3n) is 4.21. The van der Waals surface area contributed by atoms with Crippen molar-refractivity contribution in [2.75, 3.05) is 0 Å². The molecule has 0 heterocycles. The predicted molar refractivity (Wildman–Crippen MR) is 110 cm³/mol. The van der Waals surface area contributed by atoms with Crippen LogP contribution in [0.1, 0.15) is 105 Å². The minimum atomic E-state index is 0.552. The number of nitriles is 2. The van der Waals surface area contributed by atoms with Crippen molar-refractivity contribution in [2.24, 2.45) is 5.92 Å². The first kappa shape index (κ1) is 25.7. The first-order chi connectivity index (χ1) is 12.2. The zero-order chi connectivity index (χ0) is 19.2. The molecule has 1 atom stereocenters. The van der Waals surface area contributed by atoms with Crippen LogP contribution in [-0.4, -0.2) is 0 Å². The molecule has 0 bridgehead atoms. The first-order valence-electron chi connectivity index (χ1n) is 10.3. The lowest BCUT2D eigenvalue weighted by Gasteiger charge is -2.01. The van der Waals surface area contributed by atoms with Crippen molar-refractivity contribution in [3.8, 4) is 12.1 Å². The second-order valence-corrected chi connectivity index (χ2v) is 6.73. The number of rotatable bonds is 13. The van der Waals surface area contributed by atoms with Crippen LogP contribution in [-0.2, 0) is 0 Å². The summed E-state index contributed by atoms with van der Waals surface area (Å²) in [5, 5.41) is 16.9. The second kappa shape index (κ2) is 22.5. The Kier molecular flexibility index (Phi) is 23.1. The van der Waals surface area contributed by atoms with Gasteiger partial charge in [0.15, 0.2) is 0 Å². The third kappa shape index (κ3) is 22.5. The largest absolute Gasteiger partial charge is 0.193 e. The van der Waals surface area contributed by atoms with Gasteiger partial charge in [-0.3, -0.25) is 0 Å². The molecule has 2 nitrogen and oxygen atoms in total. The summed E-state index contributed by atoms with van der Waals surface area (Å²) in [4.78, 5) is 0. The van der Waals surface area contributed by atoms with Gasteiger partial charge in [-0.2, -0.15) is 10.5 Å². The Balaban J connectivity index is 0. The average Bonchev–Trinajstić information content (AvgIpc) is 2.63. The Morgan fingerprint density at radius 1 is 0.880 bits per heavy atom. The van der Waals surface area contributed by atoms with Gasteiger partial charge >= 0.3 is 0 Å². The van der Waals surface area contributed by atoms with Gasteiger partial charge in [0.2, 0.25) is 0 Å². The molecule has 0 aliphatic rings. The first-order valence-corrected chi connectivity index (χ1v) is 10.3. The van der Waals surface area contributed by atoms with Crippen LogP contribution < -0.4 is 0 Å². The molecule has 0 aliphatic carbocycles. The van der Waals surface area contributed by atoms with E-state index < -0.39 is 0 Å². The predicted octanol–water partition coefficient (Wildman–Crippen LogP) is 7.88. The Hall–Kier alpha value is -1.54. The molecule has 2 heteroatoms. The number of nitrogens with zero attached hydrogens (tertiary/aromatic N) is 2. The highest BCUT2D eigenvalue weighted by Gasteiger charge is 1.97. The molecular weight excluding hydrogens is 304 g/mol. The van der Waals surface area contributed by atoms with Crippen molar-refractivity contribution in [1.82, 2.24) is 0 Å². The van der Waals surface area contributed by atoms with Crippen LogP contribution in [0.4, 0.5) is 0 Å². The van der Waals surface area contributed by atoms with Crippen LogP contribution in [0.2, 0.25) is 0 Å². The highest BCUT2D eigenvalue weighted by atomic mass is 14.2. The van der Waals surface area contributed by atoms with Gasteiger partial charge in [0.05, 0.1) is 12.1 Å². The maximum Gasteiger partial charge on any atom is 0.0943 e. The standard InChI is InChI=1S/C13H23N.C10H17N/c1-2-3-4-5-6-7-8-9-10-11-12-13-14;1-4-6-10(8-11)7-9(3)5-2/h11-12H,2-10H2,1H3;7,9H,4-6H2,1-3H3. The highest BCUT2D eigenvalue weighted by molar-refractivity contribution is 5.20. The van der Waals surface area contributed by atoms with E-state index >= 15 is 0 Å². The summed E-state index contributed by atoms with van der Waals surface area (Å²) in [6.45, 7) is 8.64. The number of unbranched alkanes of at least 4 members (excludes halogenated alkanes) is 8. The van der Waals surface area contributed by atoms with Crippen LogP contribution in [0.15, 0.2) is 23.8 Å². The average molecular weight is 345 g/mol. The van der Waals surface area contributed by atoms with E-state index in [1.165, 1.54) is 51.4 Å². The quantitative estimate of drug-likeness (QED) is 0.252. The Morgan fingerprint density at radius 2 is 1.48 bits per heavy atom. The van der Waals surface area contributed by atoms with Crippen molar-refractivity contribution >= 4 is 0 Å². The van der Waals surface area contributed by atoms with Gasteiger partial charge in [-0.15, -0.1) is 0 Å². The molecule has 0 fully saturated rings. The fourth-order valence-corrected chi connectivity index (χ4v) is 2.44. The van der Waals surface area contributed by atoms with E-state index in [4.69, 9.17) is 10.5 Å². The molecule has 25 heavy (non-hydrogen) atoms. The van der Waals surface area contributed by atoms with Crippen LogP contribution in [0.3, 0.4) is 0 Å². The van der Waals surface area contributed by atoms with Gasteiger partial charge in [-0.25, -0.2) is 0 Å². The van der Waals surface area contributed by atoms with Crippen molar-refractivity contribution in [3.05, 3.63) is 23.8 Å². The lowest BCUT2D eigenvalue weighted by atomic mass is 10.0. The molecule has 0 aromatic rings. The maximum atomic E-state index is 8.68. The summed E-state index contributed by atoms with van der Waals surface area (Å²) < 4.78 is 0. The fraction of sp³-hybridized carbons (Fsp3) is 0.739. The van der Waals surface area contributed by atoms with E-state index in [-0.39, 0.29) is 0 Å². The third-order valence-corrected chi connectivity index (χ3v) is 4.21. The van der Waals surface area contributed by atoms with Crippen LogP contribution in [0, 0.1) is 28.6 Å². The smallest absolute Gasteiger partial charge is 0.0943 e. The normalized spacial score (nSPS) is 12.2. The SMILES string of the molecule is CCCC(C#N)=CC(C)CC.CCCCCCCCCCC=CC#N. The maximum absolute atomic E-state index is 8.68. The monoisotopic (exact) mass is 344 g/mol. The molecular formula is C23H40N2. The summed E-state index contributed by atoms with van der Waals surface area (Å²) in [6, 6.07) is 4.24. The van der Waals surface area contributed by atoms with Gasteiger partial charge < -0.3 is 0 Å². The summed E-state index contributed by atoms with van der Waals surface area (Å²) in [6.07, 6.45) is 20.7. The lowest BCUT2D eigenvalue weighted by Crippen LogP contribution is -1.88. The molecule has 0 amide bonds. The zero-order valence-corrected chi connectivity index (χ0v) is 17.2. The molecule has 0 spiro atoms. The van der Waals surface area contributed by atoms with Crippen molar-refractivity contribution in [1.29, 1.82) is 10.5 Å². The van der Waals surface area contributed by atoms with E-state index in [2.05, 4.69) is 39.8 Å². The van der Waals surface area contributed by atoms with E-state index in [1.807, 2.05) is 12.1 Å². The molecule has 0 saturated heterocycles. The van der Waals surface area contributed by atoms with Crippen LogP contribution in [0.25, 0.3) is 0 Å². The number of hydrogen-bond acceptors (Lipinski definition) is 2. The molecule has 0 aromatic heterocycles. The van der Waals surface area contributed by atoms with Crippen LogP contribution in [0.5, 0.6) is 0 Å². The highest BCUT2D eigenvalue weighted by Crippen LogP contribution is 2.11. The molecule has 142 valence electrons. The van der Waals surface area contributed by atoms with Gasteiger partial charge in [0.25, 0.3) is 0 Å². The van der Waals surface area contributed by atoms with E-state index in [1.54, 1.807) is 6.08 Å². The summed E-state index contributed by atoms with van der Waals surface area (Å²) >= 11 is 0.